The lowest BCUT2D eigenvalue weighted by Crippen LogP contribution is -2.28. The molecule has 0 aromatic rings. The second kappa shape index (κ2) is 3.24. The lowest BCUT2D eigenvalue weighted by atomic mass is 10.6. The van der Waals surface area contributed by atoms with Crippen LogP contribution in [0.2, 0.25) is 0 Å². The molecular formula is C4H11ClN2. The van der Waals surface area contributed by atoms with E-state index < -0.39 is 0 Å². The summed E-state index contributed by atoms with van der Waals surface area (Å²) in [5.74, 6) is 0. The molecule has 0 saturated heterocycles. The number of nitrogens with two attached hydrogens (primary N) is 1. The quantitative estimate of drug-likeness (QED) is 0.415. The smallest absolute Gasteiger partial charge is 0.0928 e. The number of alkyl halides is 1. The lowest BCUT2D eigenvalue weighted by molar-refractivity contribution is 0.407. The maximum absolute atomic E-state index is 5.41. The second-order valence-corrected chi connectivity index (χ2v) is 2.34. The van der Waals surface area contributed by atoms with E-state index in [-0.39, 0.29) is 5.50 Å². The molecule has 0 aliphatic heterocycles. The van der Waals surface area contributed by atoms with Crippen molar-refractivity contribution in [3.63, 3.8) is 0 Å². The standard InChI is InChI=1S/C4H11ClN2/c1-7(2)3-4(5)6/h4H,3,6H2,1-2H3. The van der Waals surface area contributed by atoms with E-state index in [2.05, 4.69) is 0 Å². The molecule has 0 aliphatic carbocycles. The minimum Gasteiger partial charge on any atom is -0.314 e. The van der Waals surface area contributed by atoms with Gasteiger partial charge in [0.1, 0.15) is 0 Å². The van der Waals surface area contributed by atoms with E-state index in [4.69, 9.17) is 17.3 Å². The van der Waals surface area contributed by atoms with Crippen LogP contribution < -0.4 is 5.73 Å². The fourth-order valence-corrected chi connectivity index (χ4v) is 0.625. The van der Waals surface area contributed by atoms with E-state index in [9.17, 15) is 0 Å². The molecule has 0 amide bonds. The SMILES string of the molecule is CN(C)CC(N)Cl. The van der Waals surface area contributed by atoms with Gasteiger partial charge < -0.3 is 10.6 Å². The molecule has 2 N–H and O–H groups in total. The van der Waals surface area contributed by atoms with Gasteiger partial charge in [-0.25, -0.2) is 0 Å². The van der Waals surface area contributed by atoms with Crippen molar-refractivity contribution >= 4 is 11.6 Å². The molecule has 1 unspecified atom stereocenters. The minimum absolute atomic E-state index is 0.227. The summed E-state index contributed by atoms with van der Waals surface area (Å²) in [6.07, 6.45) is 0. The summed E-state index contributed by atoms with van der Waals surface area (Å²) < 4.78 is 0. The number of nitrogens with zero attached hydrogens (tertiary/aromatic N) is 1. The Morgan fingerprint density at radius 1 is 1.71 bits per heavy atom. The van der Waals surface area contributed by atoms with Crippen molar-refractivity contribution in [3.8, 4) is 0 Å². The zero-order valence-corrected chi connectivity index (χ0v) is 5.44. The Bertz CT molecular complexity index is 39.0. The predicted molar refractivity (Wildman–Crippen MR) is 32.4 cm³/mol. The average Bonchev–Trinajstić information content (AvgIpc) is 1.27. The largest absolute Gasteiger partial charge is 0.314 e. The molecule has 0 spiro atoms. The molecule has 0 rings (SSSR count). The van der Waals surface area contributed by atoms with E-state index in [1.165, 1.54) is 0 Å². The molecule has 3 heteroatoms. The van der Waals surface area contributed by atoms with Gasteiger partial charge in [-0.2, -0.15) is 0 Å². The number of hydrogen-bond acceptors (Lipinski definition) is 2. The van der Waals surface area contributed by atoms with Crippen LogP contribution in [0.25, 0.3) is 0 Å². The van der Waals surface area contributed by atoms with Crippen LogP contribution in [0.15, 0.2) is 0 Å². The molecule has 7 heavy (non-hydrogen) atoms. The third-order valence-corrected chi connectivity index (χ3v) is 0.678. The Balaban J connectivity index is 2.95. The molecular weight excluding hydrogens is 112 g/mol. The number of halogens is 1. The highest BCUT2D eigenvalue weighted by Gasteiger charge is 1.94. The Kier molecular flexibility index (Phi) is 3.34. The van der Waals surface area contributed by atoms with E-state index in [1.807, 2.05) is 19.0 Å². The van der Waals surface area contributed by atoms with Crippen molar-refractivity contribution in [3.05, 3.63) is 0 Å². The fourth-order valence-electron chi connectivity index (χ4n) is 0.349. The zero-order chi connectivity index (χ0) is 5.86. The van der Waals surface area contributed by atoms with Crippen LogP contribution in [0.3, 0.4) is 0 Å². The third-order valence-electron chi connectivity index (χ3n) is 0.540. The summed E-state index contributed by atoms with van der Waals surface area (Å²) in [5, 5.41) is 0. The number of rotatable bonds is 2. The molecule has 0 bridgehead atoms. The van der Waals surface area contributed by atoms with Crippen LogP contribution in [-0.4, -0.2) is 31.0 Å². The molecule has 0 saturated carbocycles. The predicted octanol–water partition coefficient (Wildman–Crippen LogP) is 0.0716. The monoisotopic (exact) mass is 122 g/mol. The van der Waals surface area contributed by atoms with Gasteiger partial charge in [0.2, 0.25) is 0 Å². The van der Waals surface area contributed by atoms with Gasteiger partial charge in [0.05, 0.1) is 5.50 Å². The summed E-state index contributed by atoms with van der Waals surface area (Å²) in [4.78, 5) is 1.94. The van der Waals surface area contributed by atoms with Gasteiger partial charge in [-0.05, 0) is 14.1 Å². The van der Waals surface area contributed by atoms with Crippen molar-refractivity contribution in [1.82, 2.24) is 4.90 Å². The van der Waals surface area contributed by atoms with Crippen LogP contribution in [-0.2, 0) is 0 Å². The van der Waals surface area contributed by atoms with Gasteiger partial charge >= 0.3 is 0 Å². The molecule has 1 atom stereocenters. The van der Waals surface area contributed by atoms with Crippen LogP contribution in [0.4, 0.5) is 0 Å². The van der Waals surface area contributed by atoms with Crippen LogP contribution >= 0.6 is 11.6 Å². The number of hydrogen-bond donors (Lipinski definition) is 1. The summed E-state index contributed by atoms with van der Waals surface area (Å²) in [6, 6.07) is 0. The first-order valence-corrected chi connectivity index (χ1v) is 2.61. The summed E-state index contributed by atoms with van der Waals surface area (Å²) in [5.41, 5.74) is 4.99. The van der Waals surface area contributed by atoms with Crippen molar-refractivity contribution in [2.75, 3.05) is 20.6 Å². The molecule has 0 fully saturated rings. The van der Waals surface area contributed by atoms with Gasteiger partial charge in [-0.3, -0.25) is 0 Å². The summed E-state index contributed by atoms with van der Waals surface area (Å²) >= 11 is 5.41. The highest BCUT2D eigenvalue weighted by Crippen LogP contribution is 1.85. The first-order chi connectivity index (χ1) is 3.13. The lowest BCUT2D eigenvalue weighted by Gasteiger charge is -2.09. The molecule has 44 valence electrons. The number of likely N-dealkylation sites (N-methyl/N-ethyl adjacent to an activating group) is 1. The normalized spacial score (nSPS) is 15.0. The van der Waals surface area contributed by atoms with Crippen molar-refractivity contribution < 1.29 is 0 Å². The van der Waals surface area contributed by atoms with Crippen LogP contribution in [0.5, 0.6) is 0 Å². The van der Waals surface area contributed by atoms with Crippen molar-refractivity contribution in [2.45, 2.75) is 5.50 Å². The third kappa shape index (κ3) is 6.21. The van der Waals surface area contributed by atoms with E-state index >= 15 is 0 Å². The van der Waals surface area contributed by atoms with E-state index in [0.717, 1.165) is 6.54 Å². The molecule has 0 heterocycles. The van der Waals surface area contributed by atoms with Gasteiger partial charge in [0, 0.05) is 6.54 Å². The summed E-state index contributed by atoms with van der Waals surface area (Å²) in [6.45, 7) is 0.738. The topological polar surface area (TPSA) is 29.3 Å². The van der Waals surface area contributed by atoms with Gasteiger partial charge in [0.15, 0.2) is 0 Å². The average molecular weight is 123 g/mol. The molecule has 0 aliphatic rings. The summed E-state index contributed by atoms with van der Waals surface area (Å²) in [7, 11) is 3.87. The van der Waals surface area contributed by atoms with Crippen LogP contribution in [0.1, 0.15) is 0 Å². The zero-order valence-electron chi connectivity index (χ0n) is 4.69. The van der Waals surface area contributed by atoms with Crippen LogP contribution in [0, 0.1) is 0 Å². The van der Waals surface area contributed by atoms with E-state index in [0.29, 0.717) is 0 Å². The van der Waals surface area contributed by atoms with Crippen molar-refractivity contribution in [2.24, 2.45) is 5.73 Å². The van der Waals surface area contributed by atoms with Crippen molar-refractivity contribution in [1.29, 1.82) is 0 Å². The minimum atomic E-state index is -0.227. The highest BCUT2D eigenvalue weighted by molar-refractivity contribution is 6.20. The molecule has 2 nitrogen and oxygen atoms in total. The Morgan fingerprint density at radius 2 is 2.14 bits per heavy atom. The highest BCUT2D eigenvalue weighted by atomic mass is 35.5. The maximum Gasteiger partial charge on any atom is 0.0928 e. The fraction of sp³-hybridized carbons (Fsp3) is 1.00. The van der Waals surface area contributed by atoms with Gasteiger partial charge in [-0.15, -0.1) is 11.6 Å². The molecule has 0 aromatic heterocycles. The maximum atomic E-state index is 5.41. The van der Waals surface area contributed by atoms with E-state index in [1.54, 1.807) is 0 Å². The molecule has 0 aromatic carbocycles. The van der Waals surface area contributed by atoms with Gasteiger partial charge in [-0.1, -0.05) is 0 Å². The Hall–Kier alpha value is 0.210. The Morgan fingerprint density at radius 3 is 2.14 bits per heavy atom. The Labute approximate surface area is 49.2 Å². The van der Waals surface area contributed by atoms with Gasteiger partial charge in [0.25, 0.3) is 0 Å². The first-order valence-electron chi connectivity index (χ1n) is 2.17. The second-order valence-electron chi connectivity index (χ2n) is 1.78. The molecule has 0 radical (unpaired) electrons. The first kappa shape index (κ1) is 7.21.